The summed E-state index contributed by atoms with van der Waals surface area (Å²) in [7, 11) is 0. The minimum Gasteiger partial charge on any atom is -0.339 e. The van der Waals surface area contributed by atoms with Crippen molar-refractivity contribution in [1.29, 1.82) is 0 Å². The molecule has 1 N–H and O–H groups in total. The topological polar surface area (TPSA) is 51.0 Å². The maximum absolute atomic E-state index is 5.38. The van der Waals surface area contributed by atoms with Crippen LogP contribution in [-0.4, -0.2) is 22.7 Å². The molecule has 1 fully saturated rings. The van der Waals surface area contributed by atoms with Gasteiger partial charge in [-0.25, -0.2) is 0 Å². The predicted octanol–water partition coefficient (Wildman–Crippen LogP) is 3.37. The molecule has 1 aliphatic rings. The average molecular weight is 285 g/mol. The van der Waals surface area contributed by atoms with E-state index in [1.165, 1.54) is 24.8 Å². The summed E-state index contributed by atoms with van der Waals surface area (Å²) in [6, 6.07) is 8.99. The zero-order valence-corrected chi connectivity index (χ0v) is 12.6. The third kappa shape index (κ3) is 3.70. The fourth-order valence-corrected chi connectivity index (χ4v) is 2.83. The number of nitrogens with one attached hydrogen (secondary N) is 1. The molecule has 4 heteroatoms. The van der Waals surface area contributed by atoms with Gasteiger partial charge in [-0.05, 0) is 37.8 Å². The number of hydrogen-bond donors (Lipinski definition) is 1. The molecule has 1 saturated heterocycles. The summed E-state index contributed by atoms with van der Waals surface area (Å²) in [5.41, 5.74) is 2.35. The lowest BCUT2D eigenvalue weighted by Gasteiger charge is -2.22. The Morgan fingerprint density at radius 3 is 2.81 bits per heavy atom. The molecule has 2 heterocycles. The second-order valence-corrected chi connectivity index (χ2v) is 5.75. The minimum atomic E-state index is 0.609. The molecule has 0 radical (unpaired) electrons. The SMILES string of the molecule is CCc1ccc(-c2noc(CCC3CCCCN3)n2)cc1. The van der Waals surface area contributed by atoms with E-state index in [1.54, 1.807) is 0 Å². The van der Waals surface area contributed by atoms with Gasteiger partial charge in [0.1, 0.15) is 0 Å². The monoisotopic (exact) mass is 285 g/mol. The highest BCUT2D eigenvalue weighted by Gasteiger charge is 2.15. The van der Waals surface area contributed by atoms with Gasteiger partial charge < -0.3 is 9.84 Å². The first-order valence-electron chi connectivity index (χ1n) is 8.00. The van der Waals surface area contributed by atoms with Gasteiger partial charge in [-0.3, -0.25) is 0 Å². The lowest BCUT2D eigenvalue weighted by Crippen LogP contribution is -2.34. The van der Waals surface area contributed by atoms with Crippen LogP contribution < -0.4 is 5.32 Å². The van der Waals surface area contributed by atoms with Crippen LogP contribution >= 0.6 is 0 Å². The Morgan fingerprint density at radius 1 is 1.24 bits per heavy atom. The van der Waals surface area contributed by atoms with Crippen LogP contribution in [0, 0.1) is 0 Å². The molecule has 0 bridgehead atoms. The molecule has 4 nitrogen and oxygen atoms in total. The highest BCUT2D eigenvalue weighted by molar-refractivity contribution is 5.54. The van der Waals surface area contributed by atoms with E-state index in [-0.39, 0.29) is 0 Å². The Labute approximate surface area is 126 Å². The number of aromatic nitrogens is 2. The first-order chi connectivity index (χ1) is 10.3. The summed E-state index contributed by atoms with van der Waals surface area (Å²) in [5.74, 6) is 1.45. The molecule has 112 valence electrons. The number of hydrogen-bond acceptors (Lipinski definition) is 4. The molecule has 1 aliphatic heterocycles. The van der Waals surface area contributed by atoms with Gasteiger partial charge in [0, 0.05) is 18.0 Å². The van der Waals surface area contributed by atoms with Crippen LogP contribution in [0.2, 0.25) is 0 Å². The van der Waals surface area contributed by atoms with E-state index in [9.17, 15) is 0 Å². The van der Waals surface area contributed by atoms with Gasteiger partial charge in [-0.2, -0.15) is 4.98 Å². The van der Waals surface area contributed by atoms with Crippen LogP contribution in [0.3, 0.4) is 0 Å². The molecular weight excluding hydrogens is 262 g/mol. The standard InChI is InChI=1S/C17H23N3O/c1-2-13-6-8-14(9-7-13)17-19-16(21-20-17)11-10-15-5-3-4-12-18-15/h6-9,15,18H,2-5,10-12H2,1H3. The van der Waals surface area contributed by atoms with Gasteiger partial charge in [0.15, 0.2) is 0 Å². The molecule has 21 heavy (non-hydrogen) atoms. The average Bonchev–Trinajstić information content (AvgIpc) is 3.03. The zero-order valence-electron chi connectivity index (χ0n) is 12.6. The van der Waals surface area contributed by atoms with Gasteiger partial charge in [-0.15, -0.1) is 0 Å². The number of nitrogens with zero attached hydrogens (tertiary/aromatic N) is 2. The maximum Gasteiger partial charge on any atom is 0.227 e. The first kappa shape index (κ1) is 14.3. The predicted molar refractivity (Wildman–Crippen MR) is 83.1 cm³/mol. The van der Waals surface area contributed by atoms with Gasteiger partial charge >= 0.3 is 0 Å². The van der Waals surface area contributed by atoms with Crippen molar-refractivity contribution < 1.29 is 4.52 Å². The van der Waals surface area contributed by atoms with Crippen molar-refractivity contribution >= 4 is 0 Å². The highest BCUT2D eigenvalue weighted by Crippen LogP contribution is 2.18. The molecule has 0 spiro atoms. The van der Waals surface area contributed by atoms with Crippen LogP contribution in [-0.2, 0) is 12.8 Å². The zero-order chi connectivity index (χ0) is 14.5. The smallest absolute Gasteiger partial charge is 0.227 e. The van der Waals surface area contributed by atoms with Crippen molar-refractivity contribution in [2.75, 3.05) is 6.54 Å². The van der Waals surface area contributed by atoms with E-state index >= 15 is 0 Å². The normalized spacial score (nSPS) is 18.8. The van der Waals surface area contributed by atoms with E-state index in [1.807, 2.05) is 0 Å². The van der Waals surface area contributed by atoms with Crippen LogP contribution in [0.15, 0.2) is 28.8 Å². The number of rotatable bonds is 5. The summed E-state index contributed by atoms with van der Waals surface area (Å²) in [6.07, 6.45) is 6.88. The minimum absolute atomic E-state index is 0.609. The third-order valence-corrected chi connectivity index (χ3v) is 4.21. The molecule has 2 aromatic rings. The molecule has 1 atom stereocenters. The van der Waals surface area contributed by atoms with E-state index in [2.05, 4.69) is 46.6 Å². The van der Waals surface area contributed by atoms with Crippen molar-refractivity contribution in [1.82, 2.24) is 15.5 Å². The van der Waals surface area contributed by atoms with Crippen LogP contribution in [0.25, 0.3) is 11.4 Å². The summed E-state index contributed by atoms with van der Waals surface area (Å²) in [5, 5.41) is 7.65. The molecule has 1 aromatic carbocycles. The number of aryl methyl sites for hydroxylation is 2. The van der Waals surface area contributed by atoms with Gasteiger partial charge in [0.25, 0.3) is 0 Å². The largest absolute Gasteiger partial charge is 0.339 e. The Balaban J connectivity index is 1.59. The summed E-state index contributed by atoms with van der Waals surface area (Å²) < 4.78 is 5.38. The Hall–Kier alpha value is -1.68. The lowest BCUT2D eigenvalue weighted by molar-refractivity contribution is 0.342. The van der Waals surface area contributed by atoms with Gasteiger partial charge in [-0.1, -0.05) is 42.8 Å². The summed E-state index contributed by atoms with van der Waals surface area (Å²) in [6.45, 7) is 3.30. The summed E-state index contributed by atoms with van der Waals surface area (Å²) in [4.78, 5) is 4.51. The van der Waals surface area contributed by atoms with Crippen molar-refractivity contribution in [2.24, 2.45) is 0 Å². The lowest BCUT2D eigenvalue weighted by atomic mass is 10.0. The first-order valence-corrected chi connectivity index (χ1v) is 8.00. The van der Waals surface area contributed by atoms with Gasteiger partial charge in [0.2, 0.25) is 11.7 Å². The maximum atomic E-state index is 5.38. The fraction of sp³-hybridized carbons (Fsp3) is 0.529. The van der Waals surface area contributed by atoms with E-state index in [4.69, 9.17) is 4.52 Å². The van der Waals surface area contributed by atoms with Crippen molar-refractivity contribution in [2.45, 2.75) is 51.5 Å². The summed E-state index contributed by atoms with van der Waals surface area (Å²) >= 11 is 0. The molecular formula is C17H23N3O. The second kappa shape index (κ2) is 6.85. The van der Waals surface area contributed by atoms with Crippen molar-refractivity contribution in [3.8, 4) is 11.4 Å². The van der Waals surface area contributed by atoms with E-state index in [0.29, 0.717) is 11.9 Å². The molecule has 1 aromatic heterocycles. The second-order valence-electron chi connectivity index (χ2n) is 5.75. The third-order valence-electron chi connectivity index (χ3n) is 4.21. The highest BCUT2D eigenvalue weighted by atomic mass is 16.5. The van der Waals surface area contributed by atoms with E-state index in [0.717, 1.165) is 37.3 Å². The Kier molecular flexibility index (Phi) is 4.65. The fourth-order valence-electron chi connectivity index (χ4n) is 2.83. The number of piperidine rings is 1. The quantitative estimate of drug-likeness (QED) is 0.915. The molecule has 0 aliphatic carbocycles. The molecule has 0 amide bonds. The van der Waals surface area contributed by atoms with E-state index < -0.39 is 0 Å². The Morgan fingerprint density at radius 2 is 2.10 bits per heavy atom. The van der Waals surface area contributed by atoms with Crippen LogP contribution in [0.1, 0.15) is 44.1 Å². The molecule has 3 rings (SSSR count). The molecule has 1 unspecified atom stereocenters. The van der Waals surface area contributed by atoms with Crippen LogP contribution in [0.5, 0.6) is 0 Å². The van der Waals surface area contributed by atoms with Crippen LogP contribution in [0.4, 0.5) is 0 Å². The molecule has 0 saturated carbocycles. The van der Waals surface area contributed by atoms with Crippen molar-refractivity contribution in [3.63, 3.8) is 0 Å². The number of benzene rings is 1. The Bertz CT molecular complexity index is 556. The van der Waals surface area contributed by atoms with Crippen molar-refractivity contribution in [3.05, 3.63) is 35.7 Å². The van der Waals surface area contributed by atoms with Gasteiger partial charge in [0.05, 0.1) is 0 Å².